The molecule has 104 valence electrons. The Morgan fingerprint density at radius 1 is 0.905 bits per heavy atom. The third kappa shape index (κ3) is 2.31. The van der Waals surface area contributed by atoms with Gasteiger partial charge in [0.1, 0.15) is 5.75 Å². The van der Waals surface area contributed by atoms with Gasteiger partial charge in [0.25, 0.3) is 0 Å². The van der Waals surface area contributed by atoms with E-state index in [-0.39, 0.29) is 0 Å². The lowest BCUT2D eigenvalue weighted by atomic mass is 10.1. The monoisotopic (exact) mass is 276 g/mol. The average Bonchev–Trinajstić information content (AvgIpc) is 2.95. The third-order valence-electron chi connectivity index (χ3n) is 3.98. The smallest absolute Gasteiger partial charge is 0.219 e. The first-order valence-corrected chi connectivity index (χ1v) is 7.24. The predicted molar refractivity (Wildman–Crippen MR) is 84.7 cm³/mol. The summed E-state index contributed by atoms with van der Waals surface area (Å²) < 4.78 is 5.90. The molecule has 0 saturated heterocycles. The van der Waals surface area contributed by atoms with Gasteiger partial charge in [-0.3, -0.25) is 0 Å². The number of rotatable bonds is 2. The van der Waals surface area contributed by atoms with Crippen LogP contribution in [0.15, 0.2) is 48.5 Å². The van der Waals surface area contributed by atoms with Crippen LogP contribution in [0.4, 0.5) is 5.69 Å². The molecule has 1 aliphatic carbocycles. The van der Waals surface area contributed by atoms with E-state index in [0.717, 1.165) is 28.8 Å². The second kappa shape index (κ2) is 4.77. The number of anilines is 1. The van der Waals surface area contributed by atoms with E-state index < -0.39 is 0 Å². The van der Waals surface area contributed by atoms with Gasteiger partial charge in [0, 0.05) is 17.1 Å². The van der Waals surface area contributed by atoms with Crippen LogP contribution in [0, 0.1) is 0 Å². The maximum absolute atomic E-state index is 5.90. The predicted octanol–water partition coefficient (Wildman–Crippen LogP) is 4.10. The number of nitrogens with two attached hydrogens (primary N) is 1. The van der Waals surface area contributed by atoms with Crippen LogP contribution in [0.3, 0.4) is 0 Å². The van der Waals surface area contributed by atoms with E-state index in [4.69, 9.17) is 10.5 Å². The SMILES string of the molecule is Nc1ccc2nc(Oc3ccc4c(c3)CCC4)ccc2c1. The summed E-state index contributed by atoms with van der Waals surface area (Å²) in [5, 5.41) is 1.02. The minimum absolute atomic E-state index is 0.616. The zero-order chi connectivity index (χ0) is 14.2. The molecule has 3 aromatic rings. The molecule has 2 aromatic carbocycles. The van der Waals surface area contributed by atoms with Gasteiger partial charge < -0.3 is 10.5 Å². The summed E-state index contributed by atoms with van der Waals surface area (Å²) in [7, 11) is 0. The molecule has 0 aliphatic heterocycles. The first kappa shape index (κ1) is 12.2. The van der Waals surface area contributed by atoms with Gasteiger partial charge in [-0.1, -0.05) is 6.07 Å². The molecule has 0 atom stereocenters. The van der Waals surface area contributed by atoms with E-state index in [1.54, 1.807) is 0 Å². The molecule has 0 unspecified atom stereocenters. The Morgan fingerprint density at radius 3 is 2.76 bits per heavy atom. The second-order valence-corrected chi connectivity index (χ2v) is 5.49. The molecule has 0 radical (unpaired) electrons. The van der Waals surface area contributed by atoms with Gasteiger partial charge in [-0.25, -0.2) is 4.98 Å². The third-order valence-corrected chi connectivity index (χ3v) is 3.98. The number of ether oxygens (including phenoxy) is 1. The highest BCUT2D eigenvalue weighted by Crippen LogP contribution is 2.29. The van der Waals surface area contributed by atoms with Crippen LogP contribution in [-0.4, -0.2) is 4.98 Å². The van der Waals surface area contributed by atoms with Crippen molar-refractivity contribution in [2.75, 3.05) is 5.73 Å². The van der Waals surface area contributed by atoms with Crippen molar-refractivity contribution in [3.63, 3.8) is 0 Å². The van der Waals surface area contributed by atoms with Gasteiger partial charge in [0.15, 0.2) is 0 Å². The van der Waals surface area contributed by atoms with Gasteiger partial charge in [0.2, 0.25) is 5.88 Å². The van der Waals surface area contributed by atoms with E-state index in [2.05, 4.69) is 17.1 Å². The van der Waals surface area contributed by atoms with Gasteiger partial charge in [-0.15, -0.1) is 0 Å². The Bertz CT molecular complexity index is 827. The maximum atomic E-state index is 5.90. The van der Waals surface area contributed by atoms with Crippen LogP contribution in [0.5, 0.6) is 11.6 Å². The fraction of sp³-hybridized carbons (Fsp3) is 0.167. The molecule has 0 saturated carbocycles. The van der Waals surface area contributed by atoms with Crippen molar-refractivity contribution in [1.82, 2.24) is 4.98 Å². The maximum Gasteiger partial charge on any atom is 0.219 e. The topological polar surface area (TPSA) is 48.1 Å². The first-order chi connectivity index (χ1) is 10.3. The van der Waals surface area contributed by atoms with Gasteiger partial charge in [0.05, 0.1) is 5.52 Å². The largest absolute Gasteiger partial charge is 0.439 e. The molecular weight excluding hydrogens is 260 g/mol. The highest BCUT2D eigenvalue weighted by molar-refractivity contribution is 5.82. The number of fused-ring (bicyclic) bond motifs is 2. The molecule has 4 rings (SSSR count). The summed E-state index contributed by atoms with van der Waals surface area (Å²) in [6.45, 7) is 0. The summed E-state index contributed by atoms with van der Waals surface area (Å²) in [6.07, 6.45) is 3.58. The standard InChI is InChI=1S/C18H16N2O/c19-15-6-8-17-14(10-15)5-9-18(20-17)21-16-7-4-12-2-1-3-13(12)11-16/h4-11H,1-3,19H2. The molecule has 3 nitrogen and oxygen atoms in total. The lowest BCUT2D eigenvalue weighted by Crippen LogP contribution is -1.91. The number of hydrogen-bond donors (Lipinski definition) is 1. The normalized spacial score (nSPS) is 13.3. The van der Waals surface area contributed by atoms with Crippen LogP contribution >= 0.6 is 0 Å². The number of aromatic nitrogens is 1. The summed E-state index contributed by atoms with van der Waals surface area (Å²) in [5.41, 5.74) is 10.3. The van der Waals surface area contributed by atoms with Crippen molar-refractivity contribution >= 4 is 16.6 Å². The lowest BCUT2D eigenvalue weighted by Gasteiger charge is -2.08. The Hall–Kier alpha value is -2.55. The quantitative estimate of drug-likeness (QED) is 0.717. The van der Waals surface area contributed by atoms with E-state index >= 15 is 0 Å². The molecule has 0 spiro atoms. The minimum atomic E-state index is 0.616. The molecule has 21 heavy (non-hydrogen) atoms. The minimum Gasteiger partial charge on any atom is -0.439 e. The van der Waals surface area contributed by atoms with Crippen molar-refractivity contribution in [3.8, 4) is 11.6 Å². The van der Waals surface area contributed by atoms with Crippen LogP contribution in [0.2, 0.25) is 0 Å². The molecule has 0 fully saturated rings. The van der Waals surface area contributed by atoms with E-state index in [9.17, 15) is 0 Å². The number of hydrogen-bond acceptors (Lipinski definition) is 3. The Kier molecular flexibility index (Phi) is 2.78. The van der Waals surface area contributed by atoms with Gasteiger partial charge >= 0.3 is 0 Å². The van der Waals surface area contributed by atoms with Crippen LogP contribution in [0.25, 0.3) is 10.9 Å². The molecule has 1 aromatic heterocycles. The van der Waals surface area contributed by atoms with Gasteiger partial charge in [-0.2, -0.15) is 0 Å². The van der Waals surface area contributed by atoms with E-state index in [0.29, 0.717) is 5.88 Å². The summed E-state index contributed by atoms with van der Waals surface area (Å²) >= 11 is 0. The lowest BCUT2D eigenvalue weighted by molar-refractivity contribution is 0.464. The molecule has 0 bridgehead atoms. The zero-order valence-electron chi connectivity index (χ0n) is 11.7. The van der Waals surface area contributed by atoms with Crippen molar-refractivity contribution < 1.29 is 4.74 Å². The zero-order valence-corrected chi connectivity index (χ0v) is 11.7. The molecule has 0 amide bonds. The second-order valence-electron chi connectivity index (χ2n) is 5.49. The van der Waals surface area contributed by atoms with Crippen LogP contribution in [-0.2, 0) is 12.8 Å². The Balaban J connectivity index is 1.66. The van der Waals surface area contributed by atoms with Crippen molar-refractivity contribution in [1.29, 1.82) is 0 Å². The summed E-state index contributed by atoms with van der Waals surface area (Å²) in [4.78, 5) is 4.53. The molecule has 1 aliphatic rings. The summed E-state index contributed by atoms with van der Waals surface area (Å²) in [5.74, 6) is 1.48. The Morgan fingerprint density at radius 2 is 1.81 bits per heavy atom. The number of nitrogens with zero attached hydrogens (tertiary/aromatic N) is 1. The molecule has 2 N–H and O–H groups in total. The highest BCUT2D eigenvalue weighted by Gasteiger charge is 2.11. The van der Waals surface area contributed by atoms with E-state index in [1.807, 2.05) is 36.4 Å². The van der Waals surface area contributed by atoms with Crippen LogP contribution in [0.1, 0.15) is 17.5 Å². The van der Waals surface area contributed by atoms with E-state index in [1.165, 1.54) is 24.0 Å². The van der Waals surface area contributed by atoms with Crippen molar-refractivity contribution in [3.05, 3.63) is 59.7 Å². The number of pyridine rings is 1. The highest BCUT2D eigenvalue weighted by atomic mass is 16.5. The molecule has 1 heterocycles. The first-order valence-electron chi connectivity index (χ1n) is 7.24. The van der Waals surface area contributed by atoms with Gasteiger partial charge in [-0.05, 0) is 66.8 Å². The molecule has 3 heteroatoms. The fourth-order valence-electron chi connectivity index (χ4n) is 2.91. The van der Waals surface area contributed by atoms with Crippen LogP contribution < -0.4 is 10.5 Å². The Labute approximate surface area is 123 Å². The van der Waals surface area contributed by atoms with Crippen molar-refractivity contribution in [2.24, 2.45) is 0 Å². The number of nitrogen functional groups attached to an aromatic ring is 1. The average molecular weight is 276 g/mol. The number of aryl methyl sites for hydroxylation is 2. The fourth-order valence-corrected chi connectivity index (χ4v) is 2.91. The number of benzene rings is 2. The molecular formula is C18H16N2O. The van der Waals surface area contributed by atoms with Crippen molar-refractivity contribution in [2.45, 2.75) is 19.3 Å². The summed E-state index contributed by atoms with van der Waals surface area (Å²) in [6, 6.07) is 15.9.